The van der Waals surface area contributed by atoms with Gasteiger partial charge in [0.25, 0.3) is 0 Å². The molecule has 0 heteroatoms. The van der Waals surface area contributed by atoms with E-state index in [-0.39, 0.29) is 0 Å². The Labute approximate surface area is 225 Å². The average molecular weight is 487 g/mol. The minimum Gasteiger partial charge on any atom is -0.0683 e. The molecule has 0 N–H and O–H groups in total. The van der Waals surface area contributed by atoms with Crippen molar-refractivity contribution in [3.63, 3.8) is 0 Å². The fraction of sp³-hybridized carbons (Fsp3) is 0.333. The Hall–Kier alpha value is -3.12. The Morgan fingerprint density at radius 2 is 0.417 bits per heavy atom. The van der Waals surface area contributed by atoms with E-state index < -0.39 is 0 Å². The monoisotopic (exact) mass is 486 g/mol. The van der Waals surface area contributed by atoms with Gasteiger partial charge in [0.1, 0.15) is 0 Å². The second-order valence-corrected chi connectivity index (χ2v) is 5.89. The van der Waals surface area contributed by atoms with Crippen molar-refractivity contribution in [2.75, 3.05) is 0 Å². The van der Waals surface area contributed by atoms with Crippen LogP contribution in [0.25, 0.3) is 33.4 Å². The lowest BCUT2D eigenvalue weighted by Crippen LogP contribution is -1.83. The summed E-state index contributed by atoms with van der Waals surface area (Å²) < 4.78 is 0. The summed E-state index contributed by atoms with van der Waals surface area (Å²) in [4.78, 5) is 0. The molecule has 0 nitrogen and oxygen atoms in total. The van der Waals surface area contributed by atoms with Crippen molar-refractivity contribution < 1.29 is 0 Å². The molecule has 0 spiro atoms. The Kier molecular flexibility index (Phi) is 29.2. The molecule has 0 aliphatic carbocycles. The zero-order valence-electron chi connectivity index (χ0n) is 25.4. The van der Waals surface area contributed by atoms with Crippen LogP contribution in [0.5, 0.6) is 0 Å². The zero-order chi connectivity index (χ0) is 28.2. The third-order valence-electron chi connectivity index (χ3n) is 4.27. The van der Waals surface area contributed by atoms with E-state index in [0.29, 0.717) is 0 Å². The van der Waals surface area contributed by atoms with Crippen molar-refractivity contribution in [3.05, 3.63) is 109 Å². The second kappa shape index (κ2) is 28.1. The van der Waals surface area contributed by atoms with Crippen molar-refractivity contribution in [2.24, 2.45) is 0 Å². The SMILES string of the molecule is CC.CC.CC.CC.CC.CC.c1ccc(-c2cccc(-c3cccc(-c4ccccc4)c3)c2)cc1. The van der Waals surface area contributed by atoms with Gasteiger partial charge in [0, 0.05) is 0 Å². The van der Waals surface area contributed by atoms with Gasteiger partial charge in [-0.2, -0.15) is 0 Å². The molecule has 0 saturated carbocycles. The number of hydrogen-bond donors (Lipinski definition) is 0. The summed E-state index contributed by atoms with van der Waals surface area (Å²) in [5.41, 5.74) is 7.48. The van der Waals surface area contributed by atoms with Crippen LogP contribution in [0.1, 0.15) is 83.1 Å². The molecular weight excluding hydrogens is 432 g/mol. The van der Waals surface area contributed by atoms with Gasteiger partial charge in [0.05, 0.1) is 0 Å². The maximum Gasteiger partial charge on any atom is -0.0178 e. The highest BCUT2D eigenvalue weighted by Crippen LogP contribution is 2.29. The molecule has 4 aromatic carbocycles. The van der Waals surface area contributed by atoms with Crippen molar-refractivity contribution in [1.82, 2.24) is 0 Å². The fourth-order valence-corrected chi connectivity index (χ4v) is 3.02. The van der Waals surface area contributed by atoms with Crippen LogP contribution in [-0.2, 0) is 0 Å². The third kappa shape index (κ3) is 13.7. The van der Waals surface area contributed by atoms with Gasteiger partial charge in [0.15, 0.2) is 0 Å². The molecule has 0 unspecified atom stereocenters. The summed E-state index contributed by atoms with van der Waals surface area (Å²) >= 11 is 0. The zero-order valence-corrected chi connectivity index (χ0v) is 25.4. The molecule has 0 radical (unpaired) electrons. The molecule has 4 rings (SSSR count). The van der Waals surface area contributed by atoms with Gasteiger partial charge in [-0.15, -0.1) is 0 Å². The number of rotatable bonds is 3. The molecule has 0 aliphatic heterocycles. The van der Waals surface area contributed by atoms with Crippen molar-refractivity contribution in [2.45, 2.75) is 83.1 Å². The van der Waals surface area contributed by atoms with E-state index in [2.05, 4.69) is 109 Å². The van der Waals surface area contributed by atoms with Gasteiger partial charge < -0.3 is 0 Å². The summed E-state index contributed by atoms with van der Waals surface area (Å²) in [6.07, 6.45) is 0. The lowest BCUT2D eigenvalue weighted by Gasteiger charge is -2.08. The van der Waals surface area contributed by atoms with E-state index >= 15 is 0 Å². The Bertz CT molecular complexity index is 857. The normalized spacial score (nSPS) is 8.00. The van der Waals surface area contributed by atoms with Gasteiger partial charge in [-0.25, -0.2) is 0 Å². The van der Waals surface area contributed by atoms with E-state index in [1.54, 1.807) is 0 Å². The smallest absolute Gasteiger partial charge is 0.0178 e. The summed E-state index contributed by atoms with van der Waals surface area (Å²) in [5.74, 6) is 0. The Morgan fingerprint density at radius 1 is 0.222 bits per heavy atom. The van der Waals surface area contributed by atoms with Crippen LogP contribution < -0.4 is 0 Å². The van der Waals surface area contributed by atoms with Gasteiger partial charge in [-0.1, -0.05) is 180 Å². The molecule has 0 saturated heterocycles. The van der Waals surface area contributed by atoms with Crippen LogP contribution in [0.2, 0.25) is 0 Å². The molecule has 0 heterocycles. The fourth-order valence-electron chi connectivity index (χ4n) is 3.02. The van der Waals surface area contributed by atoms with Gasteiger partial charge in [-0.05, 0) is 45.5 Å². The van der Waals surface area contributed by atoms with E-state index in [9.17, 15) is 0 Å². The Morgan fingerprint density at radius 3 is 0.667 bits per heavy atom. The highest BCUT2D eigenvalue weighted by Gasteiger charge is 2.03. The summed E-state index contributed by atoms with van der Waals surface area (Å²) in [5, 5.41) is 0. The van der Waals surface area contributed by atoms with E-state index in [1.807, 2.05) is 83.1 Å². The predicted octanol–water partition coefficient (Wildman–Crippen LogP) is 12.8. The molecule has 0 bridgehead atoms. The molecule has 0 fully saturated rings. The summed E-state index contributed by atoms with van der Waals surface area (Å²) in [7, 11) is 0. The lowest BCUT2D eigenvalue weighted by molar-refractivity contribution is 1.50. The van der Waals surface area contributed by atoms with Crippen LogP contribution >= 0.6 is 0 Å². The predicted molar refractivity (Wildman–Crippen MR) is 171 cm³/mol. The molecule has 0 amide bonds. The van der Waals surface area contributed by atoms with Gasteiger partial charge >= 0.3 is 0 Å². The minimum atomic E-state index is 1.24. The minimum absolute atomic E-state index is 1.24. The number of benzene rings is 4. The van der Waals surface area contributed by atoms with E-state index in [0.717, 1.165) is 0 Å². The topological polar surface area (TPSA) is 0 Å². The van der Waals surface area contributed by atoms with Crippen molar-refractivity contribution in [3.8, 4) is 33.4 Å². The van der Waals surface area contributed by atoms with Crippen molar-refractivity contribution in [1.29, 1.82) is 0 Å². The number of hydrogen-bond acceptors (Lipinski definition) is 0. The summed E-state index contributed by atoms with van der Waals surface area (Å²) in [6, 6.07) is 38.5. The first-order chi connectivity index (χ1) is 17.9. The molecule has 0 atom stereocenters. The van der Waals surface area contributed by atoms with Crippen LogP contribution in [0, 0.1) is 0 Å². The second-order valence-electron chi connectivity index (χ2n) is 5.89. The lowest BCUT2D eigenvalue weighted by atomic mass is 9.96. The molecular formula is C36H54. The van der Waals surface area contributed by atoms with Gasteiger partial charge in [0.2, 0.25) is 0 Å². The summed E-state index contributed by atoms with van der Waals surface area (Å²) in [6.45, 7) is 24.0. The maximum atomic E-state index is 2.26. The molecule has 0 aliphatic rings. The van der Waals surface area contributed by atoms with Gasteiger partial charge in [-0.3, -0.25) is 0 Å². The van der Waals surface area contributed by atoms with Crippen molar-refractivity contribution >= 4 is 0 Å². The third-order valence-corrected chi connectivity index (χ3v) is 4.27. The van der Waals surface area contributed by atoms with Crippen LogP contribution in [0.15, 0.2) is 109 Å². The van der Waals surface area contributed by atoms with Crippen LogP contribution in [0.3, 0.4) is 0 Å². The average Bonchev–Trinajstić information content (AvgIpc) is 3.04. The maximum absolute atomic E-state index is 2.26. The molecule has 198 valence electrons. The Balaban J connectivity index is -0.000000801. The highest BCUT2D eigenvalue weighted by atomic mass is 14.1. The van der Waals surface area contributed by atoms with Crippen LogP contribution in [0.4, 0.5) is 0 Å². The molecule has 36 heavy (non-hydrogen) atoms. The quantitative estimate of drug-likeness (QED) is 0.270. The molecule has 0 aromatic heterocycles. The van der Waals surface area contributed by atoms with Crippen LogP contribution in [-0.4, -0.2) is 0 Å². The molecule has 4 aromatic rings. The first kappa shape index (κ1) is 37.4. The highest BCUT2D eigenvalue weighted by molar-refractivity contribution is 5.76. The standard InChI is InChI=1S/C24H18.6C2H6/c1-3-9-19(10-4-1)21-13-7-15-23(17-21)24-16-8-14-22(18-24)20-11-5-2-6-12-20;6*1-2/h1-18H;6*1-2H3. The van der Waals surface area contributed by atoms with E-state index in [1.165, 1.54) is 33.4 Å². The van der Waals surface area contributed by atoms with E-state index in [4.69, 9.17) is 0 Å². The first-order valence-electron chi connectivity index (χ1n) is 14.2. The largest absolute Gasteiger partial charge is 0.0683 e. The first-order valence-corrected chi connectivity index (χ1v) is 14.2.